The molecule has 216 valence electrons. The Labute approximate surface area is 240 Å². The molecule has 0 unspecified atom stereocenters. The minimum atomic E-state index is -3.74. The van der Waals surface area contributed by atoms with Crippen LogP contribution in [0.1, 0.15) is 26.5 Å². The zero-order chi connectivity index (χ0) is 29.6. The molecule has 0 radical (unpaired) electrons. The van der Waals surface area contributed by atoms with Gasteiger partial charge >= 0.3 is 6.03 Å². The summed E-state index contributed by atoms with van der Waals surface area (Å²) in [4.78, 5) is 19.0. The lowest BCUT2D eigenvalue weighted by Crippen LogP contribution is -2.31. The van der Waals surface area contributed by atoms with Crippen LogP contribution in [-0.4, -0.2) is 61.3 Å². The van der Waals surface area contributed by atoms with Crippen molar-refractivity contribution in [2.24, 2.45) is 0 Å². The molecule has 4 rings (SSSR count). The molecule has 0 fully saturated rings. The zero-order valence-corrected chi connectivity index (χ0v) is 24.6. The van der Waals surface area contributed by atoms with E-state index in [1.807, 2.05) is 39.8 Å². The van der Waals surface area contributed by atoms with E-state index in [9.17, 15) is 13.2 Å². The van der Waals surface area contributed by atoms with Gasteiger partial charge in [-0.25, -0.2) is 22.6 Å². The number of benzene rings is 2. The van der Waals surface area contributed by atoms with Crippen molar-refractivity contribution in [3.8, 4) is 17.2 Å². The highest BCUT2D eigenvalue weighted by atomic mass is 32.2. The van der Waals surface area contributed by atoms with Gasteiger partial charge in [0, 0.05) is 42.7 Å². The summed E-state index contributed by atoms with van der Waals surface area (Å²) in [5.74, 6) is 1.66. The Bertz CT molecular complexity index is 1580. The summed E-state index contributed by atoms with van der Waals surface area (Å²) in [6.07, 6.45) is 3.29. The minimum Gasteiger partial charge on any atom is -0.457 e. The van der Waals surface area contributed by atoms with Crippen molar-refractivity contribution in [1.82, 2.24) is 24.4 Å². The van der Waals surface area contributed by atoms with E-state index >= 15 is 0 Å². The highest BCUT2D eigenvalue weighted by molar-refractivity contribution is 7.89. The second-order valence-corrected chi connectivity index (χ2v) is 12.4. The van der Waals surface area contributed by atoms with Crippen LogP contribution in [0.5, 0.6) is 11.5 Å². The average Bonchev–Trinajstić information content (AvgIpc) is 3.34. The molecule has 12 heteroatoms. The van der Waals surface area contributed by atoms with E-state index in [1.54, 1.807) is 67.0 Å². The van der Waals surface area contributed by atoms with E-state index in [0.717, 1.165) is 5.69 Å². The van der Waals surface area contributed by atoms with E-state index in [1.165, 1.54) is 16.8 Å². The first-order chi connectivity index (χ1) is 19.4. The van der Waals surface area contributed by atoms with Gasteiger partial charge in [-0.15, -0.1) is 0 Å². The first-order valence-corrected chi connectivity index (χ1v) is 14.5. The number of carbonyl (C=O) groups excluding carboxylic acids is 1. The molecular formula is C29H35N7O4S. The van der Waals surface area contributed by atoms with E-state index < -0.39 is 16.1 Å². The third-order valence-electron chi connectivity index (χ3n) is 5.94. The number of anilines is 2. The number of nitrogens with zero attached hydrogens (tertiary/aromatic N) is 4. The van der Waals surface area contributed by atoms with Crippen LogP contribution in [0.2, 0.25) is 0 Å². The van der Waals surface area contributed by atoms with E-state index in [-0.39, 0.29) is 16.9 Å². The third kappa shape index (κ3) is 8.13. The fourth-order valence-corrected chi connectivity index (χ4v) is 4.79. The van der Waals surface area contributed by atoms with Gasteiger partial charge in [0.25, 0.3) is 0 Å². The Kier molecular flexibility index (Phi) is 9.06. The highest BCUT2D eigenvalue weighted by Crippen LogP contribution is 2.28. The summed E-state index contributed by atoms with van der Waals surface area (Å²) in [7, 11) is 0.00639. The molecule has 0 aliphatic rings. The topological polar surface area (TPSA) is 130 Å². The quantitative estimate of drug-likeness (QED) is 0.246. The van der Waals surface area contributed by atoms with Crippen LogP contribution in [0, 0.1) is 0 Å². The summed E-state index contributed by atoms with van der Waals surface area (Å²) in [6.45, 7) is 6.87. The largest absolute Gasteiger partial charge is 0.457 e. The highest BCUT2D eigenvalue weighted by Gasteiger charge is 2.23. The van der Waals surface area contributed by atoms with Crippen molar-refractivity contribution in [3.05, 3.63) is 84.8 Å². The summed E-state index contributed by atoms with van der Waals surface area (Å²) in [5.41, 5.74) is 1.45. The third-order valence-corrected chi connectivity index (χ3v) is 7.40. The number of sulfonamides is 1. The van der Waals surface area contributed by atoms with Gasteiger partial charge in [0.05, 0.1) is 16.3 Å². The number of urea groups is 1. The number of hydrogen-bond donors (Lipinski definition) is 3. The molecule has 0 aliphatic heterocycles. The number of rotatable bonds is 10. The van der Waals surface area contributed by atoms with E-state index in [2.05, 4.69) is 20.3 Å². The monoisotopic (exact) mass is 577 g/mol. The predicted octanol–water partition coefficient (Wildman–Crippen LogP) is 4.84. The summed E-state index contributed by atoms with van der Waals surface area (Å²) < 4.78 is 35.7. The van der Waals surface area contributed by atoms with Crippen LogP contribution < -0.4 is 20.1 Å². The van der Waals surface area contributed by atoms with Gasteiger partial charge in [0.15, 0.2) is 0 Å². The molecule has 0 saturated heterocycles. The zero-order valence-electron chi connectivity index (χ0n) is 23.7. The Morgan fingerprint density at radius 1 is 0.951 bits per heavy atom. The van der Waals surface area contributed by atoms with Gasteiger partial charge < -0.3 is 15.0 Å². The number of pyridine rings is 1. The molecule has 0 aliphatic carbocycles. The number of nitrogens with one attached hydrogen (secondary N) is 3. The SMILES string of the molecule is CN(C)CCNS(=O)(=O)c1cccc(-n2nc(C(C)(C)C)cc2NC(=O)Nc2ccc(Oc3ccncc3)cc2)c1. The van der Waals surface area contributed by atoms with Gasteiger partial charge in [-0.2, -0.15) is 5.10 Å². The van der Waals surface area contributed by atoms with Crippen molar-refractivity contribution in [2.75, 3.05) is 37.8 Å². The summed E-state index contributed by atoms with van der Waals surface area (Å²) in [6, 6.07) is 18.2. The fourth-order valence-electron chi connectivity index (χ4n) is 3.73. The first-order valence-electron chi connectivity index (χ1n) is 13.0. The van der Waals surface area contributed by atoms with Gasteiger partial charge in [-0.05, 0) is 68.7 Å². The average molecular weight is 578 g/mol. The second-order valence-electron chi connectivity index (χ2n) is 10.7. The van der Waals surface area contributed by atoms with Gasteiger partial charge in [-0.1, -0.05) is 26.8 Å². The molecule has 2 aromatic carbocycles. The van der Waals surface area contributed by atoms with Crippen LogP contribution in [-0.2, 0) is 15.4 Å². The molecule has 0 spiro atoms. The molecule has 2 heterocycles. The Hall–Kier alpha value is -4.26. The van der Waals surface area contributed by atoms with Crippen molar-refractivity contribution in [2.45, 2.75) is 31.1 Å². The maximum atomic E-state index is 13.0. The molecule has 0 bridgehead atoms. The molecule has 41 heavy (non-hydrogen) atoms. The van der Waals surface area contributed by atoms with Gasteiger partial charge in [0.1, 0.15) is 17.3 Å². The number of hydrogen-bond acceptors (Lipinski definition) is 7. The normalized spacial score (nSPS) is 11.9. The van der Waals surface area contributed by atoms with Crippen molar-refractivity contribution >= 4 is 27.6 Å². The molecule has 3 N–H and O–H groups in total. The van der Waals surface area contributed by atoms with Crippen LogP contribution >= 0.6 is 0 Å². The lowest BCUT2D eigenvalue weighted by Gasteiger charge is -2.14. The Balaban J connectivity index is 1.53. The fraction of sp³-hybridized carbons (Fsp3) is 0.276. The second kappa shape index (κ2) is 12.5. The number of amides is 2. The number of ether oxygens (including phenoxy) is 1. The molecule has 2 amide bonds. The van der Waals surface area contributed by atoms with Crippen LogP contribution in [0.3, 0.4) is 0 Å². The Morgan fingerprint density at radius 2 is 1.63 bits per heavy atom. The van der Waals surface area contributed by atoms with Crippen LogP contribution in [0.25, 0.3) is 5.69 Å². The lowest BCUT2D eigenvalue weighted by molar-refractivity contribution is 0.262. The number of aromatic nitrogens is 3. The molecule has 11 nitrogen and oxygen atoms in total. The minimum absolute atomic E-state index is 0.103. The molecular weight excluding hydrogens is 542 g/mol. The lowest BCUT2D eigenvalue weighted by atomic mass is 9.92. The van der Waals surface area contributed by atoms with Crippen LogP contribution in [0.15, 0.2) is 84.0 Å². The predicted molar refractivity (Wildman–Crippen MR) is 159 cm³/mol. The first kappa shape index (κ1) is 29.7. The maximum absolute atomic E-state index is 13.0. The molecule has 4 aromatic rings. The van der Waals surface area contributed by atoms with E-state index in [0.29, 0.717) is 35.2 Å². The summed E-state index contributed by atoms with van der Waals surface area (Å²) in [5, 5.41) is 10.4. The van der Waals surface area contributed by atoms with Crippen molar-refractivity contribution in [3.63, 3.8) is 0 Å². The Morgan fingerprint density at radius 3 is 2.29 bits per heavy atom. The number of carbonyl (C=O) groups is 1. The summed E-state index contributed by atoms with van der Waals surface area (Å²) >= 11 is 0. The van der Waals surface area contributed by atoms with E-state index in [4.69, 9.17) is 9.84 Å². The molecule has 0 atom stereocenters. The van der Waals surface area contributed by atoms with Crippen LogP contribution in [0.4, 0.5) is 16.3 Å². The number of likely N-dealkylation sites (N-methyl/N-ethyl adjacent to an activating group) is 1. The standard InChI is InChI=1S/C29H35N7O4S/c1-29(2,3)26-20-27(33-28(37)32-21-9-11-23(12-10-21)40-24-13-15-30-16-14-24)36(34-26)22-7-6-8-25(19-22)41(38,39)31-17-18-35(4)5/h6-16,19-20,31H,17-18H2,1-5H3,(H2,32,33,37). The van der Waals surface area contributed by atoms with Gasteiger partial charge in [-0.3, -0.25) is 10.3 Å². The molecule has 2 aromatic heterocycles. The molecule has 0 saturated carbocycles. The van der Waals surface area contributed by atoms with Gasteiger partial charge in [0.2, 0.25) is 10.0 Å². The van der Waals surface area contributed by atoms with Crippen molar-refractivity contribution in [1.29, 1.82) is 0 Å². The maximum Gasteiger partial charge on any atom is 0.324 e. The van der Waals surface area contributed by atoms with Crippen molar-refractivity contribution < 1.29 is 17.9 Å². The smallest absolute Gasteiger partial charge is 0.324 e.